The zero-order chi connectivity index (χ0) is 19.4. The van der Waals surface area contributed by atoms with E-state index >= 15 is 0 Å². The highest BCUT2D eigenvalue weighted by molar-refractivity contribution is 5.95. The quantitative estimate of drug-likeness (QED) is 0.866. The lowest BCUT2D eigenvalue weighted by molar-refractivity contribution is -0.139. The van der Waals surface area contributed by atoms with E-state index in [4.69, 9.17) is 0 Å². The van der Waals surface area contributed by atoms with E-state index < -0.39 is 0 Å². The summed E-state index contributed by atoms with van der Waals surface area (Å²) in [4.78, 5) is 30.2. The molecule has 3 rings (SSSR count). The number of nitrogens with zero attached hydrogens (tertiary/aromatic N) is 2. The Balaban J connectivity index is 1.70. The first-order valence-electron chi connectivity index (χ1n) is 10.4. The van der Waals surface area contributed by atoms with Crippen molar-refractivity contribution in [1.29, 1.82) is 0 Å². The van der Waals surface area contributed by atoms with Gasteiger partial charge in [0.1, 0.15) is 0 Å². The molecule has 5 heteroatoms. The number of hydrogen-bond acceptors (Lipinski definition) is 3. The lowest BCUT2D eigenvalue weighted by Crippen LogP contribution is -2.50. The Kier molecular flexibility index (Phi) is 6.53. The average molecular weight is 372 g/mol. The van der Waals surface area contributed by atoms with Gasteiger partial charge < -0.3 is 15.1 Å². The molecule has 2 aliphatic heterocycles. The second-order valence-electron chi connectivity index (χ2n) is 8.14. The van der Waals surface area contributed by atoms with Gasteiger partial charge in [0.05, 0.1) is 5.92 Å². The summed E-state index contributed by atoms with van der Waals surface area (Å²) in [5.74, 6) is 0.230. The smallest absolute Gasteiger partial charge is 0.253 e. The Hall–Kier alpha value is -1.88. The zero-order valence-corrected chi connectivity index (χ0v) is 17.0. The molecule has 0 bridgehead atoms. The summed E-state index contributed by atoms with van der Waals surface area (Å²) < 4.78 is 0. The molecule has 1 aromatic carbocycles. The molecule has 2 heterocycles. The Labute approximate surface area is 163 Å². The van der Waals surface area contributed by atoms with E-state index in [0.29, 0.717) is 12.6 Å². The van der Waals surface area contributed by atoms with Crippen molar-refractivity contribution in [2.24, 2.45) is 5.92 Å². The Morgan fingerprint density at radius 1 is 1.19 bits per heavy atom. The molecule has 1 N–H and O–H groups in total. The summed E-state index contributed by atoms with van der Waals surface area (Å²) in [7, 11) is 0. The number of benzene rings is 1. The van der Waals surface area contributed by atoms with Crippen molar-refractivity contribution in [1.82, 2.24) is 15.1 Å². The molecule has 2 saturated heterocycles. The molecule has 2 atom stereocenters. The van der Waals surface area contributed by atoms with Gasteiger partial charge in [0.15, 0.2) is 0 Å². The third-order valence-electron chi connectivity index (χ3n) is 5.75. The van der Waals surface area contributed by atoms with Crippen LogP contribution in [0.5, 0.6) is 0 Å². The fraction of sp³-hybridized carbons (Fsp3) is 0.636. The van der Waals surface area contributed by atoms with Crippen molar-refractivity contribution < 1.29 is 9.59 Å². The van der Waals surface area contributed by atoms with Crippen molar-refractivity contribution in [2.75, 3.05) is 32.7 Å². The van der Waals surface area contributed by atoms with Crippen LogP contribution in [0.4, 0.5) is 0 Å². The third kappa shape index (κ3) is 4.70. The summed E-state index contributed by atoms with van der Waals surface area (Å²) in [5.41, 5.74) is 2.95. The standard InChI is InChI=1S/C22H33N3O2/c1-4-9-25(20-7-8-23-14-20)22(27)18-6-5-10-24(15-18)21(26)19-12-16(2)11-17(3)13-19/h11-13,18,20,23H,4-10,14-15H2,1-3H3. The van der Waals surface area contributed by atoms with E-state index in [0.717, 1.165) is 68.6 Å². The van der Waals surface area contributed by atoms with Gasteiger partial charge in [0, 0.05) is 37.8 Å². The summed E-state index contributed by atoms with van der Waals surface area (Å²) in [6.07, 6.45) is 3.79. The highest BCUT2D eigenvalue weighted by Crippen LogP contribution is 2.23. The van der Waals surface area contributed by atoms with E-state index in [1.54, 1.807) is 0 Å². The first kappa shape index (κ1) is 19.9. The van der Waals surface area contributed by atoms with Crippen LogP contribution in [-0.4, -0.2) is 60.4 Å². The van der Waals surface area contributed by atoms with Crippen LogP contribution in [0.15, 0.2) is 18.2 Å². The molecule has 0 spiro atoms. The summed E-state index contributed by atoms with van der Waals surface area (Å²) in [6, 6.07) is 6.29. The summed E-state index contributed by atoms with van der Waals surface area (Å²) in [6.45, 7) is 10.1. The minimum Gasteiger partial charge on any atom is -0.338 e. The maximum absolute atomic E-state index is 13.2. The minimum absolute atomic E-state index is 0.0591. The van der Waals surface area contributed by atoms with E-state index in [2.05, 4.69) is 23.2 Å². The van der Waals surface area contributed by atoms with Crippen molar-refractivity contribution in [2.45, 2.75) is 52.5 Å². The van der Waals surface area contributed by atoms with E-state index in [-0.39, 0.29) is 17.7 Å². The van der Waals surface area contributed by atoms with E-state index in [9.17, 15) is 9.59 Å². The fourth-order valence-electron chi connectivity index (χ4n) is 4.50. The van der Waals surface area contributed by atoms with E-state index in [1.807, 2.05) is 30.9 Å². The SMILES string of the molecule is CCCN(C(=O)C1CCCN(C(=O)c2cc(C)cc(C)c2)C1)C1CCNC1. The Morgan fingerprint density at radius 3 is 2.56 bits per heavy atom. The molecule has 0 saturated carbocycles. The highest BCUT2D eigenvalue weighted by Gasteiger charge is 2.34. The normalized spacial score (nSPS) is 22.7. The molecule has 0 radical (unpaired) electrons. The largest absolute Gasteiger partial charge is 0.338 e. The van der Waals surface area contributed by atoms with Crippen LogP contribution in [-0.2, 0) is 4.79 Å². The lowest BCUT2D eigenvalue weighted by Gasteiger charge is -2.37. The first-order valence-corrected chi connectivity index (χ1v) is 10.4. The van der Waals surface area contributed by atoms with Gasteiger partial charge in [-0.25, -0.2) is 0 Å². The number of hydrogen-bond donors (Lipinski definition) is 1. The molecule has 148 valence electrons. The topological polar surface area (TPSA) is 52.7 Å². The predicted octanol–water partition coefficient (Wildman–Crippen LogP) is 2.76. The molecule has 0 aliphatic carbocycles. The molecule has 27 heavy (non-hydrogen) atoms. The number of amides is 2. The number of piperidine rings is 1. The van der Waals surface area contributed by atoms with Crippen LogP contribution in [0.25, 0.3) is 0 Å². The molecule has 5 nitrogen and oxygen atoms in total. The van der Waals surface area contributed by atoms with Crippen molar-refractivity contribution in [3.63, 3.8) is 0 Å². The van der Waals surface area contributed by atoms with Gasteiger partial charge in [0.2, 0.25) is 5.91 Å². The number of nitrogens with one attached hydrogen (secondary N) is 1. The molecule has 2 aliphatic rings. The van der Waals surface area contributed by atoms with Gasteiger partial charge in [-0.2, -0.15) is 0 Å². The van der Waals surface area contributed by atoms with E-state index in [1.165, 1.54) is 0 Å². The molecule has 2 unspecified atom stereocenters. The summed E-state index contributed by atoms with van der Waals surface area (Å²) in [5, 5.41) is 3.37. The fourth-order valence-corrected chi connectivity index (χ4v) is 4.50. The molecular formula is C22H33N3O2. The predicted molar refractivity (Wildman–Crippen MR) is 108 cm³/mol. The maximum atomic E-state index is 13.2. The number of likely N-dealkylation sites (tertiary alicyclic amines) is 1. The van der Waals surface area contributed by atoms with Crippen molar-refractivity contribution >= 4 is 11.8 Å². The van der Waals surface area contributed by atoms with Gasteiger partial charge in [-0.1, -0.05) is 24.1 Å². The minimum atomic E-state index is -0.0687. The average Bonchev–Trinajstić information content (AvgIpc) is 3.18. The molecular weight excluding hydrogens is 338 g/mol. The first-order chi connectivity index (χ1) is 13.0. The third-order valence-corrected chi connectivity index (χ3v) is 5.75. The van der Waals surface area contributed by atoms with Crippen LogP contribution in [0.2, 0.25) is 0 Å². The summed E-state index contributed by atoms with van der Waals surface area (Å²) >= 11 is 0. The second-order valence-corrected chi connectivity index (χ2v) is 8.14. The van der Waals surface area contributed by atoms with Crippen LogP contribution >= 0.6 is 0 Å². The van der Waals surface area contributed by atoms with Crippen molar-refractivity contribution in [3.05, 3.63) is 34.9 Å². The van der Waals surface area contributed by atoms with Crippen LogP contribution in [0, 0.1) is 19.8 Å². The Bertz CT molecular complexity index is 662. The number of carbonyl (C=O) groups excluding carboxylic acids is 2. The van der Waals surface area contributed by atoms with Crippen LogP contribution in [0.1, 0.15) is 54.1 Å². The molecule has 1 aromatic rings. The van der Waals surface area contributed by atoms with Crippen LogP contribution in [0.3, 0.4) is 0 Å². The van der Waals surface area contributed by atoms with Gasteiger partial charge in [-0.15, -0.1) is 0 Å². The second kappa shape index (κ2) is 8.87. The molecule has 0 aromatic heterocycles. The highest BCUT2D eigenvalue weighted by atomic mass is 16.2. The maximum Gasteiger partial charge on any atom is 0.253 e. The number of carbonyl (C=O) groups is 2. The Morgan fingerprint density at radius 2 is 1.93 bits per heavy atom. The van der Waals surface area contributed by atoms with Gasteiger partial charge in [-0.3, -0.25) is 9.59 Å². The lowest BCUT2D eigenvalue weighted by atomic mass is 9.94. The van der Waals surface area contributed by atoms with Gasteiger partial charge in [0.25, 0.3) is 5.91 Å². The number of rotatable bonds is 5. The van der Waals surface area contributed by atoms with Crippen molar-refractivity contribution in [3.8, 4) is 0 Å². The monoisotopic (exact) mass is 371 g/mol. The van der Waals surface area contributed by atoms with Gasteiger partial charge >= 0.3 is 0 Å². The zero-order valence-electron chi connectivity index (χ0n) is 17.0. The van der Waals surface area contributed by atoms with Crippen LogP contribution < -0.4 is 5.32 Å². The molecule has 2 amide bonds. The number of aryl methyl sites for hydroxylation is 2. The molecule has 2 fully saturated rings. The van der Waals surface area contributed by atoms with Gasteiger partial charge in [-0.05, 0) is 58.2 Å².